The molecule has 0 N–H and O–H groups in total. The third-order valence-corrected chi connectivity index (χ3v) is 5.24. The first-order valence-electron chi connectivity index (χ1n) is 9.46. The van der Waals surface area contributed by atoms with Gasteiger partial charge in [0.1, 0.15) is 11.8 Å². The van der Waals surface area contributed by atoms with E-state index in [-0.39, 0.29) is 0 Å². The Bertz CT molecular complexity index is 1350. The van der Waals surface area contributed by atoms with E-state index in [2.05, 4.69) is 46.4 Å². The number of nitriles is 2. The van der Waals surface area contributed by atoms with Crippen LogP contribution in [0.4, 0.5) is 0 Å². The second-order valence-electron chi connectivity index (χ2n) is 6.92. The van der Waals surface area contributed by atoms with Crippen molar-refractivity contribution in [3.63, 3.8) is 0 Å². The predicted molar refractivity (Wildman–Crippen MR) is 117 cm³/mol. The molecule has 0 fully saturated rings. The molecule has 2 heterocycles. The van der Waals surface area contributed by atoms with Gasteiger partial charge in [-0.1, -0.05) is 48.5 Å². The number of nitrogens with zero attached hydrogens (tertiary/aromatic N) is 4. The van der Waals surface area contributed by atoms with Crippen LogP contribution in [0.1, 0.15) is 11.3 Å². The minimum atomic E-state index is 0.383. The molecular formula is C26H14N4. The van der Waals surface area contributed by atoms with E-state index in [1.165, 1.54) is 0 Å². The van der Waals surface area contributed by atoms with Gasteiger partial charge in [0.2, 0.25) is 0 Å². The molecule has 138 valence electrons. The van der Waals surface area contributed by atoms with Crippen LogP contribution in [-0.2, 0) is 0 Å². The average Bonchev–Trinajstić information content (AvgIpc) is 2.82. The lowest BCUT2D eigenvalue weighted by molar-refractivity contribution is 1.27. The van der Waals surface area contributed by atoms with E-state index in [1.807, 2.05) is 42.5 Å². The highest BCUT2D eigenvalue weighted by atomic mass is 14.7. The Hall–Kier alpha value is -4.54. The van der Waals surface area contributed by atoms with Crippen molar-refractivity contribution in [2.24, 2.45) is 0 Å². The maximum Gasteiger partial charge on any atom is 0.141 e. The van der Waals surface area contributed by atoms with Crippen molar-refractivity contribution >= 4 is 21.5 Å². The lowest BCUT2D eigenvalue weighted by atomic mass is 9.87. The molecule has 3 aromatic carbocycles. The summed E-state index contributed by atoms with van der Waals surface area (Å²) in [6.07, 6.45) is 3.34. The topological polar surface area (TPSA) is 73.4 Å². The van der Waals surface area contributed by atoms with Crippen LogP contribution in [0, 0.1) is 22.7 Å². The molecule has 0 unspecified atom stereocenters. The van der Waals surface area contributed by atoms with E-state index in [0.29, 0.717) is 11.3 Å². The molecule has 0 aliphatic heterocycles. The molecule has 0 radical (unpaired) electrons. The second kappa shape index (κ2) is 7.13. The van der Waals surface area contributed by atoms with Gasteiger partial charge in [-0.05, 0) is 56.9 Å². The summed E-state index contributed by atoms with van der Waals surface area (Å²) in [5.74, 6) is 0. The van der Waals surface area contributed by atoms with Gasteiger partial charge >= 0.3 is 0 Å². The zero-order valence-electron chi connectivity index (χ0n) is 15.9. The largest absolute Gasteiger partial charge is 0.256 e. The van der Waals surface area contributed by atoms with Gasteiger partial charge in [0.05, 0.1) is 17.3 Å². The quantitative estimate of drug-likeness (QED) is 0.358. The Kier molecular flexibility index (Phi) is 4.17. The zero-order valence-corrected chi connectivity index (χ0v) is 15.9. The van der Waals surface area contributed by atoms with Gasteiger partial charge in [-0.2, -0.15) is 10.5 Å². The van der Waals surface area contributed by atoms with Crippen LogP contribution in [0.25, 0.3) is 43.9 Å². The van der Waals surface area contributed by atoms with Crippen LogP contribution < -0.4 is 0 Å². The third kappa shape index (κ3) is 2.76. The molecule has 0 bridgehead atoms. The Balaban J connectivity index is 1.97. The van der Waals surface area contributed by atoms with Gasteiger partial charge in [-0.3, -0.25) is 4.98 Å². The van der Waals surface area contributed by atoms with Gasteiger partial charge in [0.25, 0.3) is 0 Å². The SMILES string of the molecule is N#Cc1ccnc(-c2c3ccccc3c(-c3ccnc(C#N)c3)c3ccccc23)c1. The molecule has 0 spiro atoms. The summed E-state index contributed by atoms with van der Waals surface area (Å²) in [7, 11) is 0. The number of rotatable bonds is 2. The molecular weight excluding hydrogens is 368 g/mol. The fraction of sp³-hybridized carbons (Fsp3) is 0. The molecule has 5 rings (SSSR count). The molecule has 0 amide bonds. The van der Waals surface area contributed by atoms with Crippen molar-refractivity contribution < 1.29 is 0 Å². The highest BCUT2D eigenvalue weighted by molar-refractivity contribution is 6.21. The molecule has 4 heteroatoms. The highest BCUT2D eigenvalue weighted by Crippen LogP contribution is 2.43. The van der Waals surface area contributed by atoms with Crippen molar-refractivity contribution in [3.05, 3.63) is 96.4 Å². The molecule has 5 aromatic rings. The summed E-state index contributed by atoms with van der Waals surface area (Å²) in [5.41, 5.74) is 4.72. The van der Waals surface area contributed by atoms with Crippen molar-refractivity contribution in [1.29, 1.82) is 10.5 Å². The number of hydrogen-bond donors (Lipinski definition) is 0. The van der Waals surface area contributed by atoms with E-state index in [4.69, 9.17) is 0 Å². The molecule has 0 atom stereocenters. The number of fused-ring (bicyclic) bond motifs is 2. The molecule has 30 heavy (non-hydrogen) atoms. The first kappa shape index (κ1) is 17.6. The molecule has 0 aliphatic carbocycles. The molecule has 0 aliphatic rings. The lowest BCUT2D eigenvalue weighted by Gasteiger charge is -2.17. The fourth-order valence-electron chi connectivity index (χ4n) is 4.00. The lowest BCUT2D eigenvalue weighted by Crippen LogP contribution is -1.93. The van der Waals surface area contributed by atoms with Crippen LogP contribution in [0.3, 0.4) is 0 Å². The number of aromatic nitrogens is 2. The summed E-state index contributed by atoms with van der Waals surface area (Å²) in [6.45, 7) is 0. The summed E-state index contributed by atoms with van der Waals surface area (Å²) >= 11 is 0. The van der Waals surface area contributed by atoms with Gasteiger partial charge in [-0.15, -0.1) is 0 Å². The van der Waals surface area contributed by atoms with Gasteiger partial charge in [-0.25, -0.2) is 4.98 Å². The first-order chi connectivity index (χ1) is 14.8. The first-order valence-corrected chi connectivity index (χ1v) is 9.46. The monoisotopic (exact) mass is 382 g/mol. The fourth-order valence-corrected chi connectivity index (χ4v) is 4.00. The molecule has 0 saturated carbocycles. The average molecular weight is 382 g/mol. The van der Waals surface area contributed by atoms with Crippen LogP contribution in [-0.4, -0.2) is 9.97 Å². The number of pyridine rings is 2. The maximum absolute atomic E-state index is 9.37. The Morgan fingerprint density at radius 1 is 0.600 bits per heavy atom. The van der Waals surface area contributed by atoms with Gasteiger partial charge in [0, 0.05) is 18.0 Å². The van der Waals surface area contributed by atoms with E-state index < -0.39 is 0 Å². The van der Waals surface area contributed by atoms with Crippen LogP contribution >= 0.6 is 0 Å². The van der Waals surface area contributed by atoms with Crippen LogP contribution in [0.5, 0.6) is 0 Å². The zero-order chi connectivity index (χ0) is 20.5. The predicted octanol–water partition coefficient (Wildman–Crippen LogP) is 5.86. The Labute approximate surface area is 173 Å². The van der Waals surface area contributed by atoms with Crippen LogP contribution in [0.2, 0.25) is 0 Å². The molecule has 2 aromatic heterocycles. The second-order valence-corrected chi connectivity index (χ2v) is 6.92. The van der Waals surface area contributed by atoms with Crippen molar-refractivity contribution in [2.75, 3.05) is 0 Å². The van der Waals surface area contributed by atoms with Gasteiger partial charge in [0.15, 0.2) is 0 Å². The Morgan fingerprint density at radius 2 is 1.20 bits per heavy atom. The summed E-state index contributed by atoms with van der Waals surface area (Å²) in [4.78, 5) is 8.71. The standard InChI is InChI=1S/C26H14N4/c27-15-17-9-11-30-24(13-17)26-22-7-3-1-5-20(22)25(21-6-2-4-8-23(21)26)18-10-12-29-19(14-18)16-28/h1-14H. The smallest absolute Gasteiger partial charge is 0.141 e. The van der Waals surface area contributed by atoms with E-state index in [1.54, 1.807) is 18.5 Å². The minimum Gasteiger partial charge on any atom is -0.256 e. The van der Waals surface area contributed by atoms with E-state index in [0.717, 1.165) is 43.9 Å². The number of hydrogen-bond acceptors (Lipinski definition) is 4. The van der Waals surface area contributed by atoms with E-state index in [9.17, 15) is 10.5 Å². The normalized spacial score (nSPS) is 10.6. The third-order valence-electron chi connectivity index (χ3n) is 5.24. The maximum atomic E-state index is 9.37. The number of benzene rings is 3. The van der Waals surface area contributed by atoms with E-state index >= 15 is 0 Å². The summed E-state index contributed by atoms with van der Waals surface area (Å²) in [5, 5.41) is 22.9. The summed E-state index contributed by atoms with van der Waals surface area (Å²) in [6, 6.07) is 28.0. The molecule has 4 nitrogen and oxygen atoms in total. The summed E-state index contributed by atoms with van der Waals surface area (Å²) < 4.78 is 0. The van der Waals surface area contributed by atoms with Crippen molar-refractivity contribution in [2.45, 2.75) is 0 Å². The van der Waals surface area contributed by atoms with Crippen molar-refractivity contribution in [1.82, 2.24) is 9.97 Å². The van der Waals surface area contributed by atoms with Crippen LogP contribution in [0.15, 0.2) is 85.2 Å². The highest BCUT2D eigenvalue weighted by Gasteiger charge is 2.17. The molecule has 0 saturated heterocycles. The van der Waals surface area contributed by atoms with Gasteiger partial charge < -0.3 is 0 Å². The van der Waals surface area contributed by atoms with Crippen molar-refractivity contribution in [3.8, 4) is 34.5 Å². The Morgan fingerprint density at radius 3 is 1.80 bits per heavy atom. The minimum absolute atomic E-state index is 0.383.